The van der Waals surface area contributed by atoms with Gasteiger partial charge in [0.2, 0.25) is 5.91 Å². The number of nitrogens with two attached hydrogens (primary N) is 1. The monoisotopic (exact) mass is 678 g/mol. The third-order valence-corrected chi connectivity index (χ3v) is 9.68. The predicted octanol–water partition coefficient (Wildman–Crippen LogP) is 15.0. The van der Waals surface area contributed by atoms with Crippen molar-refractivity contribution in [3.63, 3.8) is 0 Å². The molecule has 0 radical (unpaired) electrons. The van der Waals surface area contributed by atoms with Gasteiger partial charge in [-0.1, -0.05) is 219 Å². The van der Waals surface area contributed by atoms with Crippen molar-refractivity contribution in [2.24, 2.45) is 5.73 Å². The molecule has 0 aromatic carbocycles. The molecular weight excluding hydrogens is 590 g/mol. The van der Waals surface area contributed by atoms with E-state index < -0.39 is 5.97 Å². The smallest absolute Gasteiger partial charge is 0.303 e. The summed E-state index contributed by atoms with van der Waals surface area (Å²) in [6.45, 7) is 4.56. The minimum atomic E-state index is -0.651. The van der Waals surface area contributed by atoms with Crippen molar-refractivity contribution in [2.75, 3.05) is 0 Å². The molecule has 0 unspecified atom stereocenters. The lowest BCUT2D eigenvalue weighted by Gasteiger charge is -2.03. The summed E-state index contributed by atoms with van der Waals surface area (Å²) >= 11 is 0. The van der Waals surface area contributed by atoms with Crippen LogP contribution < -0.4 is 5.73 Å². The zero-order chi connectivity index (χ0) is 35.4. The maximum Gasteiger partial charge on any atom is 0.303 e. The van der Waals surface area contributed by atoms with Crippen LogP contribution in [0.2, 0.25) is 0 Å². The van der Waals surface area contributed by atoms with Crippen LogP contribution in [0.25, 0.3) is 0 Å². The van der Waals surface area contributed by atoms with Gasteiger partial charge in [-0.25, -0.2) is 0 Å². The van der Waals surface area contributed by atoms with E-state index in [0.29, 0.717) is 12.8 Å². The van der Waals surface area contributed by atoms with Gasteiger partial charge in [-0.05, 0) is 38.5 Å². The first kappa shape index (κ1) is 48.8. The van der Waals surface area contributed by atoms with E-state index in [4.69, 9.17) is 10.8 Å². The molecule has 4 nitrogen and oxygen atoms in total. The molecule has 1 amide bonds. The summed E-state index contributed by atoms with van der Waals surface area (Å²) in [6.07, 6.45) is 53.9. The molecule has 0 aliphatic heterocycles. The van der Waals surface area contributed by atoms with Crippen molar-refractivity contribution in [3.8, 4) is 0 Å². The third kappa shape index (κ3) is 51.5. The van der Waals surface area contributed by atoms with E-state index >= 15 is 0 Å². The summed E-state index contributed by atoms with van der Waals surface area (Å²) in [5.41, 5.74) is 5.13. The Morgan fingerprint density at radius 1 is 0.375 bits per heavy atom. The number of unbranched alkanes of at least 4 members (excludes halogenated alkanes) is 33. The second kappa shape index (κ2) is 45.7. The summed E-state index contributed by atoms with van der Waals surface area (Å²) in [5.74, 6) is -0.807. The molecule has 0 spiro atoms. The third-order valence-electron chi connectivity index (χ3n) is 9.68. The molecule has 0 bridgehead atoms. The normalized spacial score (nSPS) is 11.2. The summed E-state index contributed by atoms with van der Waals surface area (Å²) < 4.78 is 0. The van der Waals surface area contributed by atoms with E-state index in [-0.39, 0.29) is 5.91 Å². The first-order chi connectivity index (χ1) is 23.5. The van der Waals surface area contributed by atoms with Crippen LogP contribution in [-0.4, -0.2) is 17.0 Å². The number of hydrogen-bond acceptors (Lipinski definition) is 2. The van der Waals surface area contributed by atoms with E-state index in [0.717, 1.165) is 25.7 Å². The molecule has 0 rings (SSSR count). The number of carboxylic acids is 1. The van der Waals surface area contributed by atoms with Crippen molar-refractivity contribution in [3.05, 3.63) is 12.2 Å². The van der Waals surface area contributed by atoms with Crippen molar-refractivity contribution in [1.29, 1.82) is 0 Å². The molecule has 0 atom stereocenters. The summed E-state index contributed by atoms with van der Waals surface area (Å²) in [5, 5.41) is 8.56. The molecule has 0 fully saturated rings. The average molecular weight is 678 g/mol. The number of amides is 1. The fourth-order valence-electron chi connectivity index (χ4n) is 6.43. The molecule has 0 heterocycles. The molecule has 0 aromatic rings. The van der Waals surface area contributed by atoms with Gasteiger partial charge in [0.25, 0.3) is 0 Å². The van der Waals surface area contributed by atoms with Gasteiger partial charge in [0.15, 0.2) is 0 Å². The Balaban J connectivity index is 0. The van der Waals surface area contributed by atoms with E-state index in [2.05, 4.69) is 26.0 Å². The fraction of sp³-hybridized carbons (Fsp3) is 0.909. The molecule has 286 valence electrons. The lowest BCUT2D eigenvalue weighted by atomic mass is 10.0. The van der Waals surface area contributed by atoms with Crippen LogP contribution in [0.3, 0.4) is 0 Å². The van der Waals surface area contributed by atoms with Crippen LogP contribution in [0.15, 0.2) is 12.2 Å². The number of hydrogen-bond donors (Lipinski definition) is 2. The zero-order valence-corrected chi connectivity index (χ0v) is 32.9. The number of primary amides is 1. The first-order valence-corrected chi connectivity index (χ1v) is 21.7. The minimum absolute atomic E-state index is 0.156. The van der Waals surface area contributed by atoms with Crippen LogP contribution in [0, 0.1) is 0 Å². The van der Waals surface area contributed by atoms with Crippen LogP contribution >= 0.6 is 0 Å². The molecular formula is C44H87NO3. The number of carbonyl (C=O) groups is 2. The second-order valence-corrected chi connectivity index (χ2v) is 14.7. The number of allylic oxidation sites excluding steroid dienone is 2. The molecule has 0 aliphatic carbocycles. The van der Waals surface area contributed by atoms with Gasteiger partial charge < -0.3 is 10.8 Å². The number of aliphatic carboxylic acids is 1. The van der Waals surface area contributed by atoms with E-state index in [1.54, 1.807) is 0 Å². The van der Waals surface area contributed by atoms with Crippen LogP contribution in [0.5, 0.6) is 0 Å². The van der Waals surface area contributed by atoms with E-state index in [9.17, 15) is 9.59 Å². The Labute approximate surface area is 301 Å². The Kier molecular flexibility index (Phi) is 46.4. The number of carboxylic acid groups (broad SMARTS) is 1. The van der Waals surface area contributed by atoms with Gasteiger partial charge in [-0.2, -0.15) is 0 Å². The molecule has 4 heteroatoms. The van der Waals surface area contributed by atoms with Crippen molar-refractivity contribution >= 4 is 11.9 Å². The largest absolute Gasteiger partial charge is 0.481 e. The highest BCUT2D eigenvalue weighted by Crippen LogP contribution is 2.15. The lowest BCUT2D eigenvalue weighted by Crippen LogP contribution is -2.09. The Bertz CT molecular complexity index is 647. The van der Waals surface area contributed by atoms with E-state index in [1.807, 2.05) is 0 Å². The molecule has 0 aliphatic rings. The highest BCUT2D eigenvalue weighted by molar-refractivity contribution is 5.73. The Hall–Kier alpha value is -1.32. The Morgan fingerprint density at radius 2 is 0.604 bits per heavy atom. The quantitative estimate of drug-likeness (QED) is 0.0502. The number of rotatable bonds is 39. The standard InChI is InChI=1S/C22H43NO.C22H44O2/c2*1-2-3-4-5-6-7-8-9-10-11-12-13-14-15-16-17-18-19-20-21-22(23)24/h9-10H,2-8,11-21H2,1H3,(H2,23,24);2-21H2,1H3,(H,23,24). The van der Waals surface area contributed by atoms with Crippen LogP contribution in [0.1, 0.15) is 258 Å². The minimum Gasteiger partial charge on any atom is -0.481 e. The SMILES string of the molecule is CCCCCCCCC=CCCCCCCCCCCCC(N)=O.CCCCCCCCCCCCCCCCCCCCCC(=O)O. The van der Waals surface area contributed by atoms with Crippen molar-refractivity contribution in [2.45, 2.75) is 258 Å². The summed E-state index contributed by atoms with van der Waals surface area (Å²) in [7, 11) is 0. The van der Waals surface area contributed by atoms with Crippen LogP contribution in [-0.2, 0) is 9.59 Å². The predicted molar refractivity (Wildman–Crippen MR) is 213 cm³/mol. The number of carbonyl (C=O) groups excluding carboxylic acids is 1. The lowest BCUT2D eigenvalue weighted by molar-refractivity contribution is -0.137. The van der Waals surface area contributed by atoms with Gasteiger partial charge in [-0.15, -0.1) is 0 Å². The first-order valence-electron chi connectivity index (χ1n) is 21.7. The summed E-state index contributed by atoms with van der Waals surface area (Å²) in [6, 6.07) is 0. The molecule has 0 aromatic heterocycles. The Morgan fingerprint density at radius 3 is 0.854 bits per heavy atom. The molecule has 48 heavy (non-hydrogen) atoms. The fourth-order valence-corrected chi connectivity index (χ4v) is 6.43. The maximum absolute atomic E-state index is 10.6. The van der Waals surface area contributed by atoms with Gasteiger partial charge in [0.05, 0.1) is 0 Å². The highest BCUT2D eigenvalue weighted by Gasteiger charge is 1.98. The molecule has 0 saturated heterocycles. The van der Waals surface area contributed by atoms with Crippen molar-refractivity contribution < 1.29 is 14.7 Å². The topological polar surface area (TPSA) is 80.4 Å². The molecule has 3 N–H and O–H groups in total. The van der Waals surface area contributed by atoms with E-state index in [1.165, 1.54) is 205 Å². The molecule has 0 saturated carbocycles. The highest BCUT2D eigenvalue weighted by atomic mass is 16.4. The van der Waals surface area contributed by atoms with Gasteiger partial charge in [0.1, 0.15) is 0 Å². The second-order valence-electron chi connectivity index (χ2n) is 14.7. The summed E-state index contributed by atoms with van der Waals surface area (Å²) in [4.78, 5) is 21.0. The van der Waals surface area contributed by atoms with Gasteiger partial charge in [-0.3, -0.25) is 9.59 Å². The van der Waals surface area contributed by atoms with Gasteiger partial charge in [0, 0.05) is 12.8 Å². The average Bonchev–Trinajstić information content (AvgIpc) is 3.07. The van der Waals surface area contributed by atoms with Crippen molar-refractivity contribution in [1.82, 2.24) is 0 Å². The van der Waals surface area contributed by atoms with Gasteiger partial charge >= 0.3 is 5.97 Å². The van der Waals surface area contributed by atoms with Crippen LogP contribution in [0.4, 0.5) is 0 Å². The maximum atomic E-state index is 10.6. The zero-order valence-electron chi connectivity index (χ0n) is 32.9.